The summed E-state index contributed by atoms with van der Waals surface area (Å²) in [6, 6.07) is 8.60. The predicted octanol–water partition coefficient (Wildman–Crippen LogP) is 5.60. The summed E-state index contributed by atoms with van der Waals surface area (Å²) >= 11 is 0. The summed E-state index contributed by atoms with van der Waals surface area (Å²) in [5, 5.41) is 0. The smallest absolute Gasteiger partial charge is 0.261 e. The average molecular weight is 477 g/mol. The Labute approximate surface area is 202 Å². The van der Waals surface area contributed by atoms with Gasteiger partial charge in [0.1, 0.15) is 29.8 Å². The Balaban J connectivity index is 1.69. The largest absolute Gasteiger partial charge is 0.488 e. The molecule has 0 atom stereocenters. The first-order valence-corrected chi connectivity index (χ1v) is 11.3. The average Bonchev–Trinajstić information content (AvgIpc) is 2.82. The molecule has 35 heavy (non-hydrogen) atoms. The molecule has 8 heteroatoms. The zero-order chi connectivity index (χ0) is 25.3. The van der Waals surface area contributed by atoms with Gasteiger partial charge in [-0.25, -0.2) is 18.7 Å². The van der Waals surface area contributed by atoms with E-state index in [1.54, 1.807) is 42.9 Å². The molecule has 1 aromatic carbocycles. The molecule has 4 rings (SSSR count). The van der Waals surface area contributed by atoms with Crippen LogP contribution in [-0.2, 0) is 6.61 Å². The molecule has 180 valence electrons. The highest BCUT2D eigenvalue weighted by Gasteiger charge is 2.16. The summed E-state index contributed by atoms with van der Waals surface area (Å²) in [5.74, 6) is -0.120. The summed E-state index contributed by atoms with van der Waals surface area (Å²) in [4.78, 5) is 26.9. The molecular weight excluding hydrogens is 450 g/mol. The molecule has 0 N–H and O–H groups in total. The van der Waals surface area contributed by atoms with Gasteiger partial charge in [-0.3, -0.25) is 14.3 Å². The minimum absolute atomic E-state index is 0.125. The number of ether oxygens (including phenoxy) is 1. The second kappa shape index (κ2) is 9.74. The van der Waals surface area contributed by atoms with Gasteiger partial charge >= 0.3 is 0 Å². The first-order valence-electron chi connectivity index (χ1n) is 11.3. The van der Waals surface area contributed by atoms with Gasteiger partial charge in [0, 0.05) is 41.7 Å². The Morgan fingerprint density at radius 1 is 1.03 bits per heavy atom. The van der Waals surface area contributed by atoms with Crippen LogP contribution in [0.4, 0.5) is 8.78 Å². The highest BCUT2D eigenvalue weighted by atomic mass is 19.1. The van der Waals surface area contributed by atoms with Crippen LogP contribution in [0.2, 0.25) is 0 Å². The van der Waals surface area contributed by atoms with Gasteiger partial charge in [0.2, 0.25) is 0 Å². The van der Waals surface area contributed by atoms with E-state index in [4.69, 9.17) is 4.74 Å². The number of hydrogen-bond acceptors (Lipinski definition) is 5. The second-order valence-electron chi connectivity index (χ2n) is 8.75. The molecule has 3 heterocycles. The van der Waals surface area contributed by atoms with Crippen LogP contribution >= 0.6 is 0 Å². The van der Waals surface area contributed by atoms with Gasteiger partial charge < -0.3 is 4.74 Å². The van der Waals surface area contributed by atoms with Crippen LogP contribution in [0.25, 0.3) is 17.1 Å². The van der Waals surface area contributed by atoms with E-state index in [-0.39, 0.29) is 23.6 Å². The van der Waals surface area contributed by atoms with Crippen LogP contribution in [0.3, 0.4) is 0 Å². The van der Waals surface area contributed by atoms with Crippen molar-refractivity contribution in [2.45, 2.75) is 47.1 Å². The van der Waals surface area contributed by atoms with Gasteiger partial charge in [-0.15, -0.1) is 0 Å². The van der Waals surface area contributed by atoms with Crippen molar-refractivity contribution in [2.75, 3.05) is 0 Å². The SMILES string of the molecule is Cc1cnc(C(C)C)nc1-c1cc(-n2c(C)cc(OCc3ccc(F)cc3F)c(C)c2=O)ccn1. The van der Waals surface area contributed by atoms with E-state index in [0.29, 0.717) is 34.1 Å². The normalized spacial score (nSPS) is 11.2. The highest BCUT2D eigenvalue weighted by Crippen LogP contribution is 2.25. The van der Waals surface area contributed by atoms with Crippen LogP contribution in [-0.4, -0.2) is 19.5 Å². The fourth-order valence-corrected chi connectivity index (χ4v) is 3.74. The number of nitrogens with zero attached hydrogens (tertiary/aromatic N) is 4. The van der Waals surface area contributed by atoms with Gasteiger partial charge in [-0.05, 0) is 50.6 Å². The van der Waals surface area contributed by atoms with Crippen molar-refractivity contribution in [1.29, 1.82) is 0 Å². The van der Waals surface area contributed by atoms with Crippen molar-refractivity contribution in [2.24, 2.45) is 0 Å². The number of aromatic nitrogens is 4. The Hall–Kier alpha value is -3.94. The molecule has 0 unspecified atom stereocenters. The quantitative estimate of drug-likeness (QED) is 0.363. The monoisotopic (exact) mass is 476 g/mol. The van der Waals surface area contributed by atoms with Crippen molar-refractivity contribution in [1.82, 2.24) is 19.5 Å². The molecule has 0 aliphatic rings. The fourth-order valence-electron chi connectivity index (χ4n) is 3.74. The second-order valence-corrected chi connectivity index (χ2v) is 8.75. The Morgan fingerprint density at radius 2 is 1.80 bits per heavy atom. The number of halogens is 2. The molecule has 0 radical (unpaired) electrons. The maximum absolute atomic E-state index is 14.0. The van der Waals surface area contributed by atoms with Crippen LogP contribution < -0.4 is 10.3 Å². The van der Waals surface area contributed by atoms with Gasteiger partial charge in [0.15, 0.2) is 0 Å². The van der Waals surface area contributed by atoms with Crippen LogP contribution in [0, 0.1) is 32.4 Å². The molecule has 0 bridgehead atoms. The first kappa shape index (κ1) is 24.2. The van der Waals surface area contributed by atoms with Gasteiger partial charge in [-0.1, -0.05) is 13.8 Å². The van der Waals surface area contributed by atoms with E-state index < -0.39 is 11.6 Å². The maximum Gasteiger partial charge on any atom is 0.261 e. The van der Waals surface area contributed by atoms with Crippen LogP contribution in [0.1, 0.15) is 48.0 Å². The number of aryl methyl sites for hydroxylation is 2. The topological polar surface area (TPSA) is 69.9 Å². The molecule has 6 nitrogen and oxygen atoms in total. The van der Waals surface area contributed by atoms with Crippen molar-refractivity contribution in [3.8, 4) is 22.8 Å². The molecular formula is C27H26F2N4O2. The minimum atomic E-state index is -0.697. The van der Waals surface area contributed by atoms with E-state index in [1.807, 2.05) is 26.8 Å². The Kier molecular flexibility index (Phi) is 6.73. The molecule has 0 amide bonds. The summed E-state index contributed by atoms with van der Waals surface area (Å²) < 4.78 is 34.4. The lowest BCUT2D eigenvalue weighted by Crippen LogP contribution is -2.23. The third kappa shape index (κ3) is 4.96. The lowest BCUT2D eigenvalue weighted by Gasteiger charge is -2.16. The number of pyridine rings is 2. The van der Waals surface area contributed by atoms with Gasteiger partial charge in [-0.2, -0.15) is 0 Å². The molecule has 0 saturated carbocycles. The summed E-state index contributed by atoms with van der Waals surface area (Å²) in [7, 11) is 0. The van der Waals surface area contributed by atoms with Crippen molar-refractivity contribution >= 4 is 0 Å². The molecule has 0 fully saturated rings. The third-order valence-corrected chi connectivity index (χ3v) is 5.74. The van der Waals surface area contributed by atoms with E-state index in [9.17, 15) is 13.6 Å². The third-order valence-electron chi connectivity index (χ3n) is 5.74. The zero-order valence-corrected chi connectivity index (χ0v) is 20.3. The van der Waals surface area contributed by atoms with Crippen molar-refractivity contribution in [3.05, 3.63) is 99.0 Å². The summed E-state index contributed by atoms with van der Waals surface area (Å²) in [6.45, 7) is 9.29. The fraction of sp³-hybridized carbons (Fsp3) is 0.259. The molecule has 0 aliphatic heterocycles. The summed E-state index contributed by atoms with van der Waals surface area (Å²) in [5.41, 5.74) is 3.82. The van der Waals surface area contributed by atoms with Gasteiger partial charge in [0.05, 0.1) is 22.6 Å². The zero-order valence-electron chi connectivity index (χ0n) is 20.3. The van der Waals surface area contributed by atoms with Crippen molar-refractivity contribution in [3.63, 3.8) is 0 Å². The van der Waals surface area contributed by atoms with Gasteiger partial charge in [0.25, 0.3) is 5.56 Å². The number of hydrogen-bond donors (Lipinski definition) is 0. The van der Waals surface area contributed by atoms with E-state index in [1.165, 1.54) is 12.1 Å². The van der Waals surface area contributed by atoms with E-state index >= 15 is 0 Å². The van der Waals surface area contributed by atoms with Crippen molar-refractivity contribution < 1.29 is 13.5 Å². The predicted molar refractivity (Wildman–Crippen MR) is 130 cm³/mol. The number of benzene rings is 1. The minimum Gasteiger partial charge on any atom is -0.488 e. The molecule has 0 spiro atoms. The molecule has 4 aromatic rings. The summed E-state index contributed by atoms with van der Waals surface area (Å²) in [6.07, 6.45) is 3.42. The Bertz CT molecular complexity index is 1460. The Morgan fingerprint density at radius 3 is 2.51 bits per heavy atom. The van der Waals surface area contributed by atoms with E-state index in [2.05, 4.69) is 15.0 Å². The molecule has 0 aliphatic carbocycles. The standard InChI is InChI=1S/C27H26F2N4O2/c1-15(2)26-31-13-16(3)25(32-26)23-12-21(8-9-30-23)33-17(4)10-24(18(5)27(33)34)35-14-19-6-7-20(28)11-22(19)29/h6-13,15H,14H2,1-5H3. The van der Waals surface area contributed by atoms with Crippen LogP contribution in [0.5, 0.6) is 5.75 Å². The first-order chi connectivity index (χ1) is 16.7. The maximum atomic E-state index is 14.0. The van der Waals surface area contributed by atoms with Crippen LogP contribution in [0.15, 0.2) is 53.6 Å². The lowest BCUT2D eigenvalue weighted by atomic mass is 10.1. The highest BCUT2D eigenvalue weighted by molar-refractivity contribution is 5.61. The number of rotatable bonds is 6. The van der Waals surface area contributed by atoms with E-state index in [0.717, 1.165) is 17.5 Å². The molecule has 0 saturated heterocycles. The lowest BCUT2D eigenvalue weighted by molar-refractivity contribution is 0.296. The molecule has 3 aromatic heterocycles.